The van der Waals surface area contributed by atoms with Crippen LogP contribution >= 0.6 is 7.37 Å². The molecule has 0 spiro atoms. The first-order valence-corrected chi connectivity index (χ1v) is 12.5. The minimum Gasteiger partial charge on any atom is -0.463 e. The van der Waals surface area contributed by atoms with Crippen LogP contribution in [-0.2, 0) is 18.6 Å². The molecule has 0 aromatic rings. The first-order valence-electron chi connectivity index (χ1n) is 10.5. The number of hydrogen-bond donors (Lipinski definition) is 0. The normalized spacial score (nSPS) is 14.5. The molecule has 0 rings (SSSR count). The predicted octanol–water partition coefficient (Wildman–Crippen LogP) is 6.59. The molecule has 0 aromatic carbocycles. The third-order valence-electron chi connectivity index (χ3n) is 4.15. The van der Waals surface area contributed by atoms with Crippen LogP contribution in [0.25, 0.3) is 0 Å². The van der Waals surface area contributed by atoms with Crippen molar-refractivity contribution >= 4 is 13.3 Å². The smallest absolute Gasteiger partial charge is 0.334 e. The van der Waals surface area contributed by atoms with Gasteiger partial charge in [0.2, 0.25) is 7.37 Å². The van der Waals surface area contributed by atoms with Gasteiger partial charge in [0.1, 0.15) is 0 Å². The Labute approximate surface area is 161 Å². The second kappa shape index (κ2) is 15.5. The van der Waals surface area contributed by atoms with E-state index < -0.39 is 7.37 Å². The van der Waals surface area contributed by atoms with E-state index >= 15 is 0 Å². The zero-order valence-electron chi connectivity index (χ0n) is 17.7. The number of carbonyl (C=O) groups is 1. The lowest BCUT2D eigenvalue weighted by Crippen LogP contribution is -2.14. The Balaban J connectivity index is 4.72. The monoisotopic (exact) mass is 388 g/mol. The molecule has 0 aliphatic carbocycles. The molecule has 26 heavy (non-hydrogen) atoms. The maximum Gasteiger partial charge on any atom is 0.334 e. The number of esters is 1. The van der Waals surface area contributed by atoms with Crippen molar-refractivity contribution in [2.24, 2.45) is 5.92 Å². The van der Waals surface area contributed by atoms with Crippen LogP contribution in [0.5, 0.6) is 0 Å². The van der Waals surface area contributed by atoms with Crippen LogP contribution in [0.4, 0.5) is 0 Å². The van der Waals surface area contributed by atoms with E-state index in [-0.39, 0.29) is 18.0 Å². The summed E-state index contributed by atoms with van der Waals surface area (Å²) in [6.07, 6.45) is 12.1. The fourth-order valence-electron chi connectivity index (χ4n) is 3.03. The molecular formula is C21H41O4P. The highest BCUT2D eigenvalue weighted by molar-refractivity contribution is 7.59. The van der Waals surface area contributed by atoms with Gasteiger partial charge in [-0.2, -0.15) is 0 Å². The van der Waals surface area contributed by atoms with E-state index in [0.29, 0.717) is 24.9 Å². The van der Waals surface area contributed by atoms with Gasteiger partial charge in [-0.25, -0.2) is 4.79 Å². The molecule has 0 saturated carbocycles. The van der Waals surface area contributed by atoms with Gasteiger partial charge in [-0.15, -0.1) is 0 Å². The Kier molecular flexibility index (Phi) is 15.1. The van der Waals surface area contributed by atoms with Crippen molar-refractivity contribution in [3.63, 3.8) is 0 Å². The Morgan fingerprint density at radius 1 is 0.962 bits per heavy atom. The average molecular weight is 389 g/mol. The van der Waals surface area contributed by atoms with Gasteiger partial charge in [0, 0.05) is 11.7 Å². The summed E-state index contributed by atoms with van der Waals surface area (Å²) in [6, 6.07) is 0. The Bertz CT molecular complexity index is 443. The van der Waals surface area contributed by atoms with E-state index in [1.807, 2.05) is 26.8 Å². The van der Waals surface area contributed by atoms with Crippen molar-refractivity contribution in [3.8, 4) is 0 Å². The molecule has 0 bridgehead atoms. The largest absolute Gasteiger partial charge is 0.463 e. The first kappa shape index (κ1) is 25.4. The van der Waals surface area contributed by atoms with Crippen LogP contribution in [0.2, 0.25) is 0 Å². The van der Waals surface area contributed by atoms with E-state index in [1.165, 1.54) is 38.5 Å². The summed E-state index contributed by atoms with van der Waals surface area (Å²) in [5.41, 5.74) is 0.523. The van der Waals surface area contributed by atoms with Crippen LogP contribution in [0.3, 0.4) is 0 Å². The van der Waals surface area contributed by atoms with Crippen LogP contribution in [0, 0.1) is 5.92 Å². The summed E-state index contributed by atoms with van der Waals surface area (Å²) < 4.78 is 23.9. The van der Waals surface area contributed by atoms with Crippen molar-refractivity contribution in [2.75, 3.05) is 25.5 Å². The number of unbranched alkanes of at least 4 members (excludes halogenated alkanes) is 7. The average Bonchev–Trinajstić information content (AvgIpc) is 2.55. The molecule has 0 aliphatic heterocycles. The van der Waals surface area contributed by atoms with Gasteiger partial charge in [-0.05, 0) is 32.6 Å². The maximum atomic E-state index is 13.1. The molecular weight excluding hydrogens is 347 g/mol. The van der Waals surface area contributed by atoms with Gasteiger partial charge in [0.15, 0.2) is 0 Å². The van der Waals surface area contributed by atoms with E-state index in [2.05, 4.69) is 6.92 Å². The molecule has 154 valence electrons. The molecule has 5 heteroatoms. The summed E-state index contributed by atoms with van der Waals surface area (Å²) in [6.45, 7) is 10.6. The van der Waals surface area contributed by atoms with Gasteiger partial charge >= 0.3 is 5.97 Å². The third kappa shape index (κ3) is 12.7. The van der Waals surface area contributed by atoms with Gasteiger partial charge in [-0.3, -0.25) is 4.57 Å². The molecule has 4 nitrogen and oxygen atoms in total. The Morgan fingerprint density at radius 3 is 2.12 bits per heavy atom. The van der Waals surface area contributed by atoms with Gasteiger partial charge in [-0.1, -0.05) is 65.4 Å². The maximum absolute atomic E-state index is 13.1. The van der Waals surface area contributed by atoms with E-state index in [0.717, 1.165) is 12.8 Å². The van der Waals surface area contributed by atoms with Crippen LogP contribution < -0.4 is 0 Å². The molecule has 1 atom stereocenters. The second-order valence-electron chi connectivity index (χ2n) is 7.33. The van der Waals surface area contributed by atoms with Crippen molar-refractivity contribution in [3.05, 3.63) is 11.6 Å². The second-order valence-corrected chi connectivity index (χ2v) is 9.90. The molecule has 0 aromatic heterocycles. The highest BCUT2D eigenvalue weighted by atomic mass is 31.2. The number of carbonyl (C=O) groups excluding carboxylic acids is 1. The lowest BCUT2D eigenvalue weighted by molar-refractivity contribution is -0.138. The highest BCUT2D eigenvalue weighted by Gasteiger charge is 2.28. The lowest BCUT2D eigenvalue weighted by Gasteiger charge is -2.20. The SMILES string of the molecule is CCCCCCCCC/C=C(/CP(=O)(CC(C)C)OCC)C(=O)OCC. The van der Waals surface area contributed by atoms with Gasteiger partial charge in [0.25, 0.3) is 0 Å². The molecule has 0 amide bonds. The fourth-order valence-corrected chi connectivity index (χ4v) is 5.71. The van der Waals surface area contributed by atoms with Crippen molar-refractivity contribution < 1.29 is 18.6 Å². The zero-order valence-corrected chi connectivity index (χ0v) is 18.6. The predicted molar refractivity (Wildman–Crippen MR) is 111 cm³/mol. The summed E-state index contributed by atoms with van der Waals surface area (Å²) in [4.78, 5) is 12.3. The molecule has 0 saturated heterocycles. The highest BCUT2D eigenvalue weighted by Crippen LogP contribution is 2.50. The molecule has 0 heterocycles. The molecule has 0 N–H and O–H groups in total. The minimum absolute atomic E-state index is 0.189. The van der Waals surface area contributed by atoms with Crippen molar-refractivity contribution in [2.45, 2.75) is 86.0 Å². The van der Waals surface area contributed by atoms with Crippen molar-refractivity contribution in [1.82, 2.24) is 0 Å². The summed E-state index contributed by atoms with van der Waals surface area (Å²) in [5.74, 6) is -0.0851. The topological polar surface area (TPSA) is 52.6 Å². The number of ether oxygens (including phenoxy) is 1. The number of hydrogen-bond acceptors (Lipinski definition) is 4. The summed E-state index contributed by atoms with van der Waals surface area (Å²) >= 11 is 0. The molecule has 1 unspecified atom stereocenters. The van der Waals surface area contributed by atoms with Crippen molar-refractivity contribution in [1.29, 1.82) is 0 Å². The van der Waals surface area contributed by atoms with Gasteiger partial charge in [0.05, 0.1) is 19.4 Å². The van der Waals surface area contributed by atoms with E-state index in [9.17, 15) is 9.36 Å². The minimum atomic E-state index is -2.85. The first-order chi connectivity index (χ1) is 12.4. The number of rotatable bonds is 16. The third-order valence-corrected chi connectivity index (χ3v) is 6.99. The van der Waals surface area contributed by atoms with Crippen LogP contribution in [-0.4, -0.2) is 31.5 Å². The zero-order chi connectivity index (χ0) is 19.8. The fraction of sp³-hybridized carbons (Fsp3) is 0.857. The lowest BCUT2D eigenvalue weighted by atomic mass is 10.1. The Morgan fingerprint density at radius 2 is 1.58 bits per heavy atom. The van der Waals surface area contributed by atoms with Crippen LogP contribution in [0.1, 0.15) is 86.0 Å². The molecule has 0 fully saturated rings. The van der Waals surface area contributed by atoms with Gasteiger partial charge < -0.3 is 9.26 Å². The summed E-state index contributed by atoms with van der Waals surface area (Å²) in [7, 11) is -2.85. The summed E-state index contributed by atoms with van der Waals surface area (Å²) in [5, 5.41) is 0. The molecule has 0 radical (unpaired) electrons. The molecule has 0 aliphatic rings. The number of allylic oxidation sites excluding steroid dienone is 1. The van der Waals surface area contributed by atoms with E-state index in [4.69, 9.17) is 9.26 Å². The van der Waals surface area contributed by atoms with E-state index in [1.54, 1.807) is 6.92 Å². The standard InChI is InChI=1S/C21H41O4P/c1-6-9-10-11-12-13-14-15-16-20(21(22)24-7-2)18-26(23,25-8-3)17-19(4)5/h16,19H,6-15,17-18H2,1-5H3/b20-16-. The van der Waals surface area contributed by atoms with Crippen LogP contribution in [0.15, 0.2) is 11.6 Å². The Hall–Kier alpha value is -0.600. The quantitative estimate of drug-likeness (QED) is 0.130.